The summed E-state index contributed by atoms with van der Waals surface area (Å²) in [6.45, 7) is 0.793. The van der Waals surface area contributed by atoms with Crippen LogP contribution in [0.25, 0.3) is 0 Å². The summed E-state index contributed by atoms with van der Waals surface area (Å²) in [6.07, 6.45) is 2.57. The summed E-state index contributed by atoms with van der Waals surface area (Å²) in [5.74, 6) is 0. The Balaban J connectivity index is 2.07. The van der Waals surface area contributed by atoms with Crippen molar-refractivity contribution in [3.05, 3.63) is 47.8 Å². The lowest BCUT2D eigenvalue weighted by atomic mass is 10.1. The molecule has 0 fully saturated rings. The maximum Gasteiger partial charge on any atom is 0.165 e. The number of aliphatic hydroxyl groups is 1. The Morgan fingerprint density at radius 3 is 2.69 bits per heavy atom. The molecule has 1 heterocycles. The Morgan fingerprint density at radius 2 is 2.00 bits per heavy atom. The van der Waals surface area contributed by atoms with Crippen molar-refractivity contribution in [1.82, 2.24) is 9.55 Å². The smallest absolute Gasteiger partial charge is 0.165 e. The van der Waals surface area contributed by atoms with Crippen LogP contribution in [0.5, 0.6) is 0 Å². The molecule has 84 valence electrons. The van der Waals surface area contributed by atoms with Crippen LogP contribution in [0.1, 0.15) is 11.3 Å². The van der Waals surface area contributed by atoms with E-state index in [1.54, 1.807) is 6.20 Å². The monoisotopic (exact) mass is 234 g/mol. The van der Waals surface area contributed by atoms with Crippen LogP contribution in [0.3, 0.4) is 0 Å². The van der Waals surface area contributed by atoms with Crippen LogP contribution in [0, 0.1) is 0 Å². The van der Waals surface area contributed by atoms with Gasteiger partial charge in [-0.05, 0) is 12.0 Å². The second-order valence-corrected chi connectivity index (χ2v) is 3.99. The molecule has 1 N–H and O–H groups in total. The molecule has 1 aromatic heterocycles. The van der Waals surface area contributed by atoms with E-state index in [9.17, 15) is 0 Å². The summed E-state index contributed by atoms with van der Waals surface area (Å²) in [5.41, 5.74) is 2.08. The zero-order chi connectivity index (χ0) is 11.4. The molecule has 2 rings (SSSR count). The van der Waals surface area contributed by atoms with Gasteiger partial charge in [0, 0.05) is 6.54 Å². The minimum absolute atomic E-state index is 0.00233. The molecule has 3 nitrogen and oxygen atoms in total. The minimum atomic E-state index is 0.00233. The molecule has 0 saturated carbocycles. The van der Waals surface area contributed by atoms with Crippen LogP contribution in [0.2, 0.25) is 0 Å². The normalized spacial score (nSPS) is 10.6. The molecule has 2 aromatic rings. The van der Waals surface area contributed by atoms with E-state index in [0.717, 1.165) is 18.7 Å². The van der Waals surface area contributed by atoms with Crippen LogP contribution in [-0.4, -0.2) is 14.7 Å². The SMILES string of the molecule is OCc1cnc(S)n1CCc1ccccc1. The van der Waals surface area contributed by atoms with E-state index in [1.807, 2.05) is 22.8 Å². The lowest BCUT2D eigenvalue weighted by Gasteiger charge is -2.08. The Labute approximate surface area is 100 Å². The third kappa shape index (κ3) is 2.46. The van der Waals surface area contributed by atoms with Crippen molar-refractivity contribution in [2.75, 3.05) is 0 Å². The van der Waals surface area contributed by atoms with Crippen molar-refractivity contribution in [2.45, 2.75) is 24.7 Å². The van der Waals surface area contributed by atoms with Crippen LogP contribution in [-0.2, 0) is 19.6 Å². The number of nitrogens with zero attached hydrogens (tertiary/aromatic N) is 2. The molecular weight excluding hydrogens is 220 g/mol. The summed E-state index contributed by atoms with van der Waals surface area (Å²) in [6, 6.07) is 10.2. The van der Waals surface area contributed by atoms with Crippen LogP contribution < -0.4 is 0 Å². The van der Waals surface area contributed by atoms with Gasteiger partial charge in [-0.3, -0.25) is 0 Å². The lowest BCUT2D eigenvalue weighted by molar-refractivity contribution is 0.269. The van der Waals surface area contributed by atoms with E-state index >= 15 is 0 Å². The molecular formula is C12H14N2OS. The fraction of sp³-hybridized carbons (Fsp3) is 0.250. The van der Waals surface area contributed by atoms with Crippen molar-refractivity contribution in [3.63, 3.8) is 0 Å². The fourth-order valence-electron chi connectivity index (χ4n) is 1.66. The summed E-state index contributed by atoms with van der Waals surface area (Å²) in [7, 11) is 0. The molecule has 0 spiro atoms. The Morgan fingerprint density at radius 1 is 1.25 bits per heavy atom. The summed E-state index contributed by atoms with van der Waals surface area (Å²) < 4.78 is 1.93. The van der Waals surface area contributed by atoms with Crippen LogP contribution >= 0.6 is 12.6 Å². The van der Waals surface area contributed by atoms with Crippen molar-refractivity contribution in [1.29, 1.82) is 0 Å². The molecule has 0 aliphatic carbocycles. The highest BCUT2D eigenvalue weighted by atomic mass is 32.1. The molecule has 0 atom stereocenters. The average Bonchev–Trinajstić information content (AvgIpc) is 2.69. The van der Waals surface area contributed by atoms with Crippen molar-refractivity contribution in [2.24, 2.45) is 0 Å². The first-order valence-electron chi connectivity index (χ1n) is 5.19. The molecule has 0 saturated heterocycles. The number of hydrogen-bond donors (Lipinski definition) is 2. The highest BCUT2D eigenvalue weighted by molar-refractivity contribution is 7.80. The zero-order valence-corrected chi connectivity index (χ0v) is 9.77. The van der Waals surface area contributed by atoms with Gasteiger partial charge in [0.1, 0.15) is 0 Å². The van der Waals surface area contributed by atoms with Gasteiger partial charge in [0.15, 0.2) is 5.16 Å². The molecule has 1 aromatic carbocycles. The number of aryl methyl sites for hydroxylation is 1. The number of rotatable bonds is 4. The molecule has 0 amide bonds. The summed E-state index contributed by atoms with van der Waals surface area (Å²) in [4.78, 5) is 4.07. The number of imidazole rings is 1. The maximum atomic E-state index is 9.13. The molecule has 0 aliphatic rings. The van der Waals surface area contributed by atoms with Gasteiger partial charge >= 0.3 is 0 Å². The first-order valence-corrected chi connectivity index (χ1v) is 5.64. The van der Waals surface area contributed by atoms with E-state index < -0.39 is 0 Å². The maximum absolute atomic E-state index is 9.13. The second-order valence-electron chi connectivity index (χ2n) is 3.59. The van der Waals surface area contributed by atoms with Crippen LogP contribution in [0.4, 0.5) is 0 Å². The molecule has 0 unspecified atom stereocenters. The Bertz CT molecular complexity index is 453. The van der Waals surface area contributed by atoms with E-state index in [1.165, 1.54) is 5.56 Å². The quantitative estimate of drug-likeness (QED) is 0.793. The molecule has 0 radical (unpaired) electrons. The zero-order valence-electron chi connectivity index (χ0n) is 8.87. The fourth-order valence-corrected chi connectivity index (χ4v) is 1.94. The third-order valence-electron chi connectivity index (χ3n) is 2.55. The van der Waals surface area contributed by atoms with Gasteiger partial charge in [-0.15, -0.1) is 12.6 Å². The van der Waals surface area contributed by atoms with Crippen molar-refractivity contribution >= 4 is 12.6 Å². The van der Waals surface area contributed by atoms with Gasteiger partial charge in [0.2, 0.25) is 0 Å². The van der Waals surface area contributed by atoms with Gasteiger partial charge in [0.05, 0.1) is 18.5 Å². The minimum Gasteiger partial charge on any atom is -0.390 e. The Kier molecular flexibility index (Phi) is 3.64. The van der Waals surface area contributed by atoms with Gasteiger partial charge in [-0.25, -0.2) is 4.98 Å². The van der Waals surface area contributed by atoms with E-state index in [2.05, 4.69) is 29.7 Å². The van der Waals surface area contributed by atoms with Gasteiger partial charge in [-0.1, -0.05) is 30.3 Å². The average molecular weight is 234 g/mol. The molecule has 16 heavy (non-hydrogen) atoms. The predicted molar refractivity (Wildman–Crippen MR) is 65.5 cm³/mol. The van der Waals surface area contributed by atoms with E-state index in [-0.39, 0.29) is 6.61 Å². The number of thiol groups is 1. The van der Waals surface area contributed by atoms with Gasteiger partial charge in [0.25, 0.3) is 0 Å². The third-order valence-corrected chi connectivity index (χ3v) is 2.90. The standard InChI is InChI=1S/C12H14N2OS/c15-9-11-8-13-12(16)14(11)7-6-10-4-2-1-3-5-10/h1-5,8,15H,6-7,9H2,(H,13,16). The van der Waals surface area contributed by atoms with Crippen molar-refractivity contribution in [3.8, 4) is 0 Å². The molecule has 0 bridgehead atoms. The van der Waals surface area contributed by atoms with E-state index in [0.29, 0.717) is 5.16 Å². The first-order chi connectivity index (χ1) is 7.81. The predicted octanol–water partition coefficient (Wildman–Crippen LogP) is 1.91. The lowest BCUT2D eigenvalue weighted by Crippen LogP contribution is -2.06. The summed E-state index contributed by atoms with van der Waals surface area (Å²) >= 11 is 4.26. The number of aromatic nitrogens is 2. The topological polar surface area (TPSA) is 38.1 Å². The van der Waals surface area contributed by atoms with Crippen LogP contribution in [0.15, 0.2) is 41.7 Å². The number of benzene rings is 1. The Hall–Kier alpha value is -1.26. The number of aliphatic hydroxyl groups excluding tert-OH is 1. The van der Waals surface area contributed by atoms with Gasteiger partial charge in [-0.2, -0.15) is 0 Å². The largest absolute Gasteiger partial charge is 0.390 e. The van der Waals surface area contributed by atoms with Crippen molar-refractivity contribution < 1.29 is 5.11 Å². The van der Waals surface area contributed by atoms with E-state index in [4.69, 9.17) is 5.11 Å². The summed E-state index contributed by atoms with van der Waals surface area (Å²) in [5, 5.41) is 9.79. The highest BCUT2D eigenvalue weighted by Crippen LogP contribution is 2.11. The highest BCUT2D eigenvalue weighted by Gasteiger charge is 2.05. The second kappa shape index (κ2) is 5.18. The first kappa shape index (κ1) is 11.2. The molecule has 4 heteroatoms. The van der Waals surface area contributed by atoms with Gasteiger partial charge < -0.3 is 9.67 Å². The molecule has 0 aliphatic heterocycles. The number of hydrogen-bond acceptors (Lipinski definition) is 3.